The Balaban J connectivity index is 2.13. The summed E-state index contributed by atoms with van der Waals surface area (Å²) in [5.74, 6) is 0.179. The van der Waals surface area contributed by atoms with Gasteiger partial charge >= 0.3 is 0 Å². The quantitative estimate of drug-likeness (QED) is 0.732. The molecule has 1 aromatic carbocycles. The summed E-state index contributed by atoms with van der Waals surface area (Å²) in [4.78, 5) is 14.6. The van der Waals surface area contributed by atoms with Crippen LogP contribution in [-0.4, -0.2) is 23.9 Å². The predicted octanol–water partition coefficient (Wildman–Crippen LogP) is 4.10. The Bertz CT molecular complexity index is 424. The molecule has 0 atom stereocenters. The normalized spacial score (nSPS) is 17.0. The van der Waals surface area contributed by atoms with Crippen molar-refractivity contribution in [3.63, 3.8) is 0 Å². The van der Waals surface area contributed by atoms with E-state index < -0.39 is 0 Å². The molecule has 2 nitrogen and oxygen atoms in total. The standard InChI is InChI=1S/C17H25NO/c1-13-10-14(2)12-15(11-13)17(19)18(3)16-8-6-4-5-7-9-16/h10-12,16H,4-9H2,1-3H3. The van der Waals surface area contributed by atoms with Gasteiger partial charge in [0.25, 0.3) is 5.91 Å². The Morgan fingerprint density at radius 2 is 1.53 bits per heavy atom. The van der Waals surface area contributed by atoms with Gasteiger partial charge in [-0.2, -0.15) is 0 Å². The second-order valence-electron chi connectivity index (χ2n) is 5.94. The van der Waals surface area contributed by atoms with Crippen molar-refractivity contribution in [2.45, 2.75) is 58.4 Å². The van der Waals surface area contributed by atoms with Crippen molar-refractivity contribution in [3.05, 3.63) is 34.9 Å². The molecular formula is C17H25NO. The maximum atomic E-state index is 12.6. The van der Waals surface area contributed by atoms with Gasteiger partial charge in [-0.25, -0.2) is 0 Å². The molecule has 1 saturated carbocycles. The van der Waals surface area contributed by atoms with Gasteiger partial charge in [-0.05, 0) is 38.8 Å². The van der Waals surface area contributed by atoms with Crippen LogP contribution in [0.4, 0.5) is 0 Å². The van der Waals surface area contributed by atoms with Crippen LogP contribution in [0.5, 0.6) is 0 Å². The van der Waals surface area contributed by atoms with Crippen LogP contribution < -0.4 is 0 Å². The highest BCUT2D eigenvalue weighted by Gasteiger charge is 2.22. The fourth-order valence-electron chi connectivity index (χ4n) is 3.11. The van der Waals surface area contributed by atoms with Crippen LogP contribution in [0, 0.1) is 13.8 Å². The van der Waals surface area contributed by atoms with Crippen LogP contribution in [0.15, 0.2) is 18.2 Å². The summed E-state index contributed by atoms with van der Waals surface area (Å²) >= 11 is 0. The maximum absolute atomic E-state index is 12.6. The van der Waals surface area contributed by atoms with Crippen LogP contribution in [-0.2, 0) is 0 Å². The van der Waals surface area contributed by atoms with Gasteiger partial charge < -0.3 is 4.90 Å². The summed E-state index contributed by atoms with van der Waals surface area (Å²) in [6.07, 6.45) is 7.48. The van der Waals surface area contributed by atoms with Gasteiger partial charge in [-0.15, -0.1) is 0 Å². The lowest BCUT2D eigenvalue weighted by Gasteiger charge is -2.27. The average Bonchev–Trinajstić information content (AvgIpc) is 2.64. The third kappa shape index (κ3) is 3.59. The molecule has 0 heterocycles. The van der Waals surface area contributed by atoms with Crippen LogP contribution in [0.2, 0.25) is 0 Å². The van der Waals surface area contributed by atoms with E-state index in [1.165, 1.54) is 25.7 Å². The molecule has 0 bridgehead atoms. The largest absolute Gasteiger partial charge is 0.339 e. The minimum atomic E-state index is 0.179. The molecular weight excluding hydrogens is 234 g/mol. The average molecular weight is 259 g/mol. The Hall–Kier alpha value is -1.31. The van der Waals surface area contributed by atoms with Crippen molar-refractivity contribution < 1.29 is 4.79 Å². The first-order chi connectivity index (χ1) is 9.08. The molecule has 104 valence electrons. The van der Waals surface area contributed by atoms with E-state index in [1.807, 2.05) is 24.1 Å². The number of rotatable bonds is 2. The molecule has 1 amide bonds. The highest BCUT2D eigenvalue weighted by molar-refractivity contribution is 5.94. The number of nitrogens with zero attached hydrogens (tertiary/aromatic N) is 1. The van der Waals surface area contributed by atoms with E-state index in [2.05, 4.69) is 19.9 Å². The summed E-state index contributed by atoms with van der Waals surface area (Å²) in [5.41, 5.74) is 3.17. The lowest BCUT2D eigenvalue weighted by Crippen LogP contribution is -2.36. The predicted molar refractivity (Wildman–Crippen MR) is 79.5 cm³/mol. The van der Waals surface area contributed by atoms with Gasteiger partial charge in [-0.1, -0.05) is 42.9 Å². The van der Waals surface area contributed by atoms with Crippen molar-refractivity contribution in [1.82, 2.24) is 4.90 Å². The SMILES string of the molecule is Cc1cc(C)cc(C(=O)N(C)C2CCCCCC2)c1. The Morgan fingerprint density at radius 1 is 1.00 bits per heavy atom. The zero-order chi connectivity index (χ0) is 13.8. The van der Waals surface area contributed by atoms with Gasteiger partial charge in [0, 0.05) is 18.7 Å². The summed E-state index contributed by atoms with van der Waals surface area (Å²) < 4.78 is 0. The highest BCUT2D eigenvalue weighted by Crippen LogP contribution is 2.22. The number of carbonyl (C=O) groups is 1. The molecule has 1 aliphatic carbocycles. The number of hydrogen-bond donors (Lipinski definition) is 0. The molecule has 1 aliphatic rings. The van der Waals surface area contributed by atoms with E-state index in [4.69, 9.17) is 0 Å². The zero-order valence-corrected chi connectivity index (χ0v) is 12.4. The zero-order valence-electron chi connectivity index (χ0n) is 12.4. The first-order valence-corrected chi connectivity index (χ1v) is 7.43. The molecule has 2 heteroatoms. The lowest BCUT2D eigenvalue weighted by atomic mass is 10.0. The Kier molecular flexibility index (Phi) is 4.62. The second kappa shape index (κ2) is 6.23. The van der Waals surface area contributed by atoms with E-state index in [-0.39, 0.29) is 5.91 Å². The molecule has 0 saturated heterocycles. The van der Waals surface area contributed by atoms with Crippen LogP contribution in [0.25, 0.3) is 0 Å². The van der Waals surface area contributed by atoms with E-state index >= 15 is 0 Å². The lowest BCUT2D eigenvalue weighted by molar-refractivity contribution is 0.0717. The van der Waals surface area contributed by atoms with Crippen molar-refractivity contribution in [3.8, 4) is 0 Å². The number of hydrogen-bond acceptors (Lipinski definition) is 1. The van der Waals surface area contributed by atoms with E-state index in [0.717, 1.165) is 29.5 Å². The van der Waals surface area contributed by atoms with E-state index in [0.29, 0.717) is 6.04 Å². The number of aryl methyl sites for hydroxylation is 2. The summed E-state index contributed by atoms with van der Waals surface area (Å²) in [6.45, 7) is 4.10. The minimum Gasteiger partial charge on any atom is -0.339 e. The molecule has 0 aliphatic heterocycles. The van der Waals surface area contributed by atoms with Crippen molar-refractivity contribution in [2.75, 3.05) is 7.05 Å². The summed E-state index contributed by atoms with van der Waals surface area (Å²) in [7, 11) is 1.97. The summed E-state index contributed by atoms with van der Waals surface area (Å²) in [6, 6.07) is 6.55. The van der Waals surface area contributed by atoms with Crippen LogP contribution >= 0.6 is 0 Å². The number of carbonyl (C=O) groups excluding carboxylic acids is 1. The smallest absolute Gasteiger partial charge is 0.253 e. The minimum absolute atomic E-state index is 0.179. The molecule has 0 aromatic heterocycles. The second-order valence-corrected chi connectivity index (χ2v) is 5.94. The molecule has 0 N–H and O–H groups in total. The first kappa shape index (κ1) is 14.1. The van der Waals surface area contributed by atoms with Gasteiger partial charge in [0.05, 0.1) is 0 Å². The molecule has 0 spiro atoms. The third-order valence-corrected chi connectivity index (χ3v) is 4.16. The van der Waals surface area contributed by atoms with Gasteiger partial charge in [-0.3, -0.25) is 4.79 Å². The Morgan fingerprint density at radius 3 is 2.05 bits per heavy atom. The highest BCUT2D eigenvalue weighted by atomic mass is 16.2. The first-order valence-electron chi connectivity index (χ1n) is 7.43. The van der Waals surface area contributed by atoms with Crippen molar-refractivity contribution in [2.24, 2.45) is 0 Å². The fraction of sp³-hybridized carbons (Fsp3) is 0.588. The fourth-order valence-corrected chi connectivity index (χ4v) is 3.11. The van der Waals surface area contributed by atoms with Crippen LogP contribution in [0.3, 0.4) is 0 Å². The van der Waals surface area contributed by atoms with Crippen molar-refractivity contribution >= 4 is 5.91 Å². The van der Waals surface area contributed by atoms with Gasteiger partial charge in [0.1, 0.15) is 0 Å². The Labute approximate surface area is 116 Å². The maximum Gasteiger partial charge on any atom is 0.253 e. The molecule has 1 aromatic rings. The van der Waals surface area contributed by atoms with Crippen molar-refractivity contribution in [1.29, 1.82) is 0 Å². The van der Waals surface area contributed by atoms with E-state index in [1.54, 1.807) is 0 Å². The molecule has 1 fully saturated rings. The molecule has 2 rings (SSSR count). The number of amides is 1. The van der Waals surface area contributed by atoms with Crippen LogP contribution in [0.1, 0.15) is 60.0 Å². The molecule has 0 radical (unpaired) electrons. The number of benzene rings is 1. The molecule has 19 heavy (non-hydrogen) atoms. The van der Waals surface area contributed by atoms with Gasteiger partial charge in [0.2, 0.25) is 0 Å². The van der Waals surface area contributed by atoms with Gasteiger partial charge in [0.15, 0.2) is 0 Å². The van der Waals surface area contributed by atoms with E-state index in [9.17, 15) is 4.79 Å². The summed E-state index contributed by atoms with van der Waals surface area (Å²) in [5, 5.41) is 0. The monoisotopic (exact) mass is 259 g/mol. The molecule has 0 unspecified atom stereocenters. The topological polar surface area (TPSA) is 20.3 Å². The third-order valence-electron chi connectivity index (χ3n) is 4.16.